The molecule has 2 heterocycles. The molecule has 0 spiro atoms. The van der Waals surface area contributed by atoms with Gasteiger partial charge in [0.2, 0.25) is 0 Å². The van der Waals surface area contributed by atoms with Crippen LogP contribution in [0, 0.1) is 6.92 Å². The molecule has 23 heavy (non-hydrogen) atoms. The SMILES string of the molecule is Cc1oc(C(C)(C)C)cc1CNc1ccc(C2(O)COC2)cc1. The number of hydrogen-bond acceptors (Lipinski definition) is 4. The quantitative estimate of drug-likeness (QED) is 0.903. The Bertz CT molecular complexity index is 676. The molecule has 0 saturated carbocycles. The molecule has 3 rings (SSSR count). The fourth-order valence-electron chi connectivity index (χ4n) is 2.62. The van der Waals surface area contributed by atoms with Crippen LogP contribution >= 0.6 is 0 Å². The Hall–Kier alpha value is -1.78. The third-order valence-corrected chi connectivity index (χ3v) is 4.35. The predicted molar refractivity (Wildman–Crippen MR) is 90.6 cm³/mol. The molecule has 0 bridgehead atoms. The minimum Gasteiger partial charge on any atom is -0.465 e. The highest BCUT2D eigenvalue weighted by Gasteiger charge is 2.37. The number of nitrogens with one attached hydrogen (secondary N) is 1. The van der Waals surface area contributed by atoms with Gasteiger partial charge in [-0.3, -0.25) is 0 Å². The minimum absolute atomic E-state index is 0.0188. The van der Waals surface area contributed by atoms with Crippen LogP contribution in [0.1, 0.15) is 43.4 Å². The molecule has 0 aliphatic carbocycles. The summed E-state index contributed by atoms with van der Waals surface area (Å²) in [5.41, 5.74) is 2.32. The smallest absolute Gasteiger partial charge is 0.136 e. The lowest BCUT2D eigenvalue weighted by Crippen LogP contribution is -2.46. The molecule has 4 heteroatoms. The first-order valence-electron chi connectivity index (χ1n) is 8.02. The van der Waals surface area contributed by atoms with Crippen LogP contribution in [0.2, 0.25) is 0 Å². The van der Waals surface area contributed by atoms with Crippen molar-refractivity contribution in [2.75, 3.05) is 18.5 Å². The second-order valence-corrected chi connectivity index (χ2v) is 7.40. The molecule has 0 amide bonds. The highest BCUT2D eigenvalue weighted by atomic mass is 16.5. The standard InChI is InChI=1S/C19H25NO3/c1-13-14(9-17(23-13)18(2,3)4)10-20-16-7-5-15(6-8-16)19(21)11-22-12-19/h5-9,20-21H,10-12H2,1-4H3. The molecule has 0 atom stereocenters. The van der Waals surface area contributed by atoms with Gasteiger partial charge in [-0.15, -0.1) is 0 Å². The molecule has 1 saturated heterocycles. The highest BCUT2D eigenvalue weighted by molar-refractivity contribution is 5.46. The van der Waals surface area contributed by atoms with Crippen molar-refractivity contribution in [2.45, 2.75) is 45.3 Å². The summed E-state index contributed by atoms with van der Waals surface area (Å²) >= 11 is 0. The van der Waals surface area contributed by atoms with Gasteiger partial charge in [-0.1, -0.05) is 32.9 Å². The number of hydrogen-bond donors (Lipinski definition) is 2. The van der Waals surface area contributed by atoms with Gasteiger partial charge in [-0.25, -0.2) is 0 Å². The lowest BCUT2D eigenvalue weighted by atomic mass is 9.92. The lowest BCUT2D eigenvalue weighted by molar-refractivity contribution is -0.184. The topological polar surface area (TPSA) is 54.6 Å². The van der Waals surface area contributed by atoms with E-state index in [0.29, 0.717) is 13.2 Å². The van der Waals surface area contributed by atoms with Crippen LogP contribution < -0.4 is 5.32 Å². The summed E-state index contributed by atoms with van der Waals surface area (Å²) in [6.45, 7) is 9.93. The predicted octanol–water partition coefficient (Wildman–Crippen LogP) is 3.72. The fraction of sp³-hybridized carbons (Fsp3) is 0.474. The first-order chi connectivity index (χ1) is 10.8. The minimum atomic E-state index is -0.804. The zero-order valence-corrected chi connectivity index (χ0v) is 14.3. The number of aliphatic hydroxyl groups is 1. The molecule has 2 aromatic rings. The van der Waals surface area contributed by atoms with Gasteiger partial charge >= 0.3 is 0 Å². The Labute approximate surface area is 137 Å². The Morgan fingerprint density at radius 3 is 2.30 bits per heavy atom. The van der Waals surface area contributed by atoms with E-state index in [1.54, 1.807) is 0 Å². The zero-order valence-electron chi connectivity index (χ0n) is 14.3. The van der Waals surface area contributed by atoms with Gasteiger partial charge in [0, 0.05) is 23.2 Å². The molecule has 1 fully saturated rings. The van der Waals surface area contributed by atoms with Crippen molar-refractivity contribution < 1.29 is 14.3 Å². The monoisotopic (exact) mass is 315 g/mol. The summed E-state index contributed by atoms with van der Waals surface area (Å²) in [6, 6.07) is 10.0. The van der Waals surface area contributed by atoms with E-state index in [0.717, 1.165) is 29.3 Å². The Morgan fingerprint density at radius 2 is 1.83 bits per heavy atom. The molecule has 0 unspecified atom stereocenters. The Morgan fingerprint density at radius 1 is 1.17 bits per heavy atom. The van der Waals surface area contributed by atoms with Gasteiger partial charge in [0.1, 0.15) is 17.1 Å². The first kappa shape index (κ1) is 16.1. The van der Waals surface area contributed by atoms with Crippen LogP contribution in [0.25, 0.3) is 0 Å². The summed E-state index contributed by atoms with van der Waals surface area (Å²) in [6.07, 6.45) is 0. The molecule has 1 aromatic heterocycles. The second-order valence-electron chi connectivity index (χ2n) is 7.40. The third-order valence-electron chi connectivity index (χ3n) is 4.35. The number of ether oxygens (including phenoxy) is 1. The Balaban J connectivity index is 1.65. The van der Waals surface area contributed by atoms with E-state index in [4.69, 9.17) is 9.15 Å². The summed E-state index contributed by atoms with van der Waals surface area (Å²) < 4.78 is 11.0. The highest BCUT2D eigenvalue weighted by Crippen LogP contribution is 2.30. The summed E-state index contributed by atoms with van der Waals surface area (Å²) in [5, 5.41) is 13.6. The van der Waals surface area contributed by atoms with E-state index >= 15 is 0 Å². The van der Waals surface area contributed by atoms with Crippen molar-refractivity contribution in [3.05, 3.63) is 53.0 Å². The van der Waals surface area contributed by atoms with Crippen LogP contribution in [0.5, 0.6) is 0 Å². The van der Waals surface area contributed by atoms with Crippen molar-refractivity contribution >= 4 is 5.69 Å². The van der Waals surface area contributed by atoms with Gasteiger partial charge in [-0.2, -0.15) is 0 Å². The largest absolute Gasteiger partial charge is 0.465 e. The fourth-order valence-corrected chi connectivity index (χ4v) is 2.62. The number of furan rings is 1. The van der Waals surface area contributed by atoms with Gasteiger partial charge in [0.05, 0.1) is 13.2 Å². The van der Waals surface area contributed by atoms with Crippen LogP contribution in [0.3, 0.4) is 0 Å². The number of aryl methyl sites for hydroxylation is 1. The maximum Gasteiger partial charge on any atom is 0.136 e. The molecular weight excluding hydrogens is 290 g/mol. The molecule has 2 N–H and O–H groups in total. The van der Waals surface area contributed by atoms with Crippen LogP contribution in [-0.2, 0) is 22.3 Å². The van der Waals surface area contributed by atoms with Crippen LogP contribution in [0.4, 0.5) is 5.69 Å². The van der Waals surface area contributed by atoms with Crippen molar-refractivity contribution in [3.8, 4) is 0 Å². The molecule has 1 aliphatic rings. The number of anilines is 1. The van der Waals surface area contributed by atoms with Gasteiger partial charge in [0.25, 0.3) is 0 Å². The van der Waals surface area contributed by atoms with Crippen molar-refractivity contribution in [2.24, 2.45) is 0 Å². The van der Waals surface area contributed by atoms with Gasteiger partial charge < -0.3 is 19.6 Å². The zero-order chi connectivity index (χ0) is 16.7. The van der Waals surface area contributed by atoms with E-state index in [1.165, 1.54) is 5.56 Å². The van der Waals surface area contributed by atoms with Crippen LogP contribution in [0.15, 0.2) is 34.7 Å². The van der Waals surface area contributed by atoms with E-state index in [-0.39, 0.29) is 5.41 Å². The average Bonchev–Trinajstić information content (AvgIpc) is 2.84. The molecule has 124 valence electrons. The van der Waals surface area contributed by atoms with E-state index in [9.17, 15) is 5.11 Å². The molecule has 4 nitrogen and oxygen atoms in total. The molecule has 0 radical (unpaired) electrons. The molecule has 1 aliphatic heterocycles. The second kappa shape index (κ2) is 5.69. The van der Waals surface area contributed by atoms with E-state index in [2.05, 4.69) is 32.2 Å². The molecular formula is C19H25NO3. The summed E-state index contributed by atoms with van der Waals surface area (Å²) in [4.78, 5) is 0. The number of rotatable bonds is 4. The third kappa shape index (κ3) is 3.28. The van der Waals surface area contributed by atoms with Crippen LogP contribution in [-0.4, -0.2) is 18.3 Å². The van der Waals surface area contributed by atoms with Crippen molar-refractivity contribution in [1.29, 1.82) is 0 Å². The maximum atomic E-state index is 10.2. The van der Waals surface area contributed by atoms with E-state index in [1.807, 2.05) is 31.2 Å². The summed E-state index contributed by atoms with van der Waals surface area (Å²) in [7, 11) is 0. The average molecular weight is 315 g/mol. The van der Waals surface area contributed by atoms with E-state index < -0.39 is 5.60 Å². The van der Waals surface area contributed by atoms with Crippen molar-refractivity contribution in [1.82, 2.24) is 0 Å². The normalized spacial score (nSPS) is 16.9. The molecule has 1 aromatic carbocycles. The summed E-state index contributed by atoms with van der Waals surface area (Å²) in [5.74, 6) is 1.97. The van der Waals surface area contributed by atoms with Crippen molar-refractivity contribution in [3.63, 3.8) is 0 Å². The number of benzene rings is 1. The first-order valence-corrected chi connectivity index (χ1v) is 8.02. The lowest BCUT2D eigenvalue weighted by Gasteiger charge is -2.36. The van der Waals surface area contributed by atoms with Gasteiger partial charge in [-0.05, 0) is 30.7 Å². The Kier molecular flexibility index (Phi) is 3.98. The van der Waals surface area contributed by atoms with Gasteiger partial charge in [0.15, 0.2) is 0 Å². The maximum absolute atomic E-state index is 10.2.